The van der Waals surface area contributed by atoms with Gasteiger partial charge in [0.1, 0.15) is 0 Å². The molecule has 2 atom stereocenters. The van der Waals surface area contributed by atoms with Crippen LogP contribution in [0.1, 0.15) is 20.3 Å². The van der Waals surface area contributed by atoms with Gasteiger partial charge in [-0.1, -0.05) is 0 Å². The minimum absolute atomic E-state index is 0.0447. The van der Waals surface area contributed by atoms with Crippen molar-refractivity contribution >= 4 is 11.9 Å². The van der Waals surface area contributed by atoms with Crippen LogP contribution in [0, 0.1) is 11.8 Å². The molecular formula is C11H18F3NO4. The number of piperidine rings is 1. The van der Waals surface area contributed by atoms with Gasteiger partial charge >= 0.3 is 12.1 Å². The number of aliphatic carboxylic acids is 1. The van der Waals surface area contributed by atoms with Crippen molar-refractivity contribution < 1.29 is 32.6 Å². The van der Waals surface area contributed by atoms with Gasteiger partial charge in [-0.05, 0) is 19.9 Å². The number of carbonyl (C=O) groups is 2. The molecule has 8 heteroatoms. The van der Waals surface area contributed by atoms with E-state index >= 15 is 0 Å². The van der Waals surface area contributed by atoms with Gasteiger partial charge < -0.3 is 15.2 Å². The summed E-state index contributed by atoms with van der Waals surface area (Å²) in [4.78, 5) is 20.3. The molecule has 0 aromatic heterocycles. The fourth-order valence-corrected chi connectivity index (χ4v) is 1.75. The van der Waals surface area contributed by atoms with E-state index in [0.717, 1.165) is 6.92 Å². The number of rotatable bonds is 2. The maximum absolute atomic E-state index is 12.6. The molecule has 0 radical (unpaired) electrons. The van der Waals surface area contributed by atoms with Gasteiger partial charge in [0.25, 0.3) is 5.97 Å². The summed E-state index contributed by atoms with van der Waals surface area (Å²) in [7, 11) is 0. The Morgan fingerprint density at radius 2 is 1.95 bits per heavy atom. The van der Waals surface area contributed by atoms with Crippen LogP contribution in [0.3, 0.4) is 0 Å². The van der Waals surface area contributed by atoms with Crippen LogP contribution in [0.25, 0.3) is 0 Å². The SMILES string of the molecule is CC(=O)O.CCOC(=O)C1CNCCC1C(F)(F)F. The number of hydrogen-bond donors (Lipinski definition) is 2. The Morgan fingerprint density at radius 1 is 1.42 bits per heavy atom. The number of alkyl halides is 3. The lowest BCUT2D eigenvalue weighted by molar-refractivity contribution is -0.202. The third kappa shape index (κ3) is 7.00. The van der Waals surface area contributed by atoms with Crippen molar-refractivity contribution in [2.45, 2.75) is 26.4 Å². The van der Waals surface area contributed by atoms with Crippen molar-refractivity contribution in [2.24, 2.45) is 11.8 Å². The second-order valence-corrected chi connectivity index (χ2v) is 4.02. The van der Waals surface area contributed by atoms with E-state index in [2.05, 4.69) is 10.1 Å². The average Bonchev–Trinajstić information content (AvgIpc) is 2.27. The molecule has 19 heavy (non-hydrogen) atoms. The Bertz CT molecular complexity index is 303. The largest absolute Gasteiger partial charge is 0.481 e. The number of halogens is 3. The van der Waals surface area contributed by atoms with Crippen LogP contribution in [-0.4, -0.2) is 42.9 Å². The Labute approximate surface area is 109 Å². The first-order valence-electron chi connectivity index (χ1n) is 5.83. The van der Waals surface area contributed by atoms with Crippen molar-refractivity contribution in [1.82, 2.24) is 5.32 Å². The van der Waals surface area contributed by atoms with Crippen LogP contribution >= 0.6 is 0 Å². The average molecular weight is 285 g/mol. The van der Waals surface area contributed by atoms with Gasteiger partial charge in [0.05, 0.1) is 18.4 Å². The molecule has 0 amide bonds. The smallest absolute Gasteiger partial charge is 0.392 e. The first-order valence-corrected chi connectivity index (χ1v) is 5.83. The minimum Gasteiger partial charge on any atom is -0.481 e. The zero-order chi connectivity index (χ0) is 15.1. The molecule has 0 bridgehead atoms. The highest BCUT2D eigenvalue weighted by Crippen LogP contribution is 2.36. The van der Waals surface area contributed by atoms with Crippen molar-refractivity contribution in [3.63, 3.8) is 0 Å². The summed E-state index contributed by atoms with van der Waals surface area (Å²) in [6, 6.07) is 0. The minimum atomic E-state index is -4.32. The molecule has 0 spiro atoms. The van der Waals surface area contributed by atoms with Gasteiger partial charge in [0.2, 0.25) is 0 Å². The highest BCUT2D eigenvalue weighted by molar-refractivity contribution is 5.73. The fraction of sp³-hybridized carbons (Fsp3) is 0.818. The van der Waals surface area contributed by atoms with Crippen molar-refractivity contribution in [3.05, 3.63) is 0 Å². The molecule has 112 valence electrons. The molecule has 1 aliphatic rings. The summed E-state index contributed by atoms with van der Waals surface area (Å²) in [6.45, 7) is 3.11. The lowest BCUT2D eigenvalue weighted by atomic mass is 9.86. The number of carboxylic acids is 1. The van der Waals surface area contributed by atoms with E-state index in [-0.39, 0.29) is 19.6 Å². The summed E-state index contributed by atoms with van der Waals surface area (Å²) in [5.74, 6) is -4.26. The quantitative estimate of drug-likeness (QED) is 0.751. The number of carbonyl (C=O) groups excluding carboxylic acids is 1. The van der Waals surface area contributed by atoms with E-state index in [9.17, 15) is 18.0 Å². The second-order valence-electron chi connectivity index (χ2n) is 4.02. The van der Waals surface area contributed by atoms with E-state index in [4.69, 9.17) is 9.90 Å². The molecular weight excluding hydrogens is 267 g/mol. The molecule has 1 aliphatic heterocycles. The molecule has 1 heterocycles. The lowest BCUT2D eigenvalue weighted by Crippen LogP contribution is -2.47. The van der Waals surface area contributed by atoms with Gasteiger partial charge in [-0.25, -0.2) is 0 Å². The molecule has 0 aromatic carbocycles. The predicted octanol–water partition coefficient (Wildman–Crippen LogP) is 1.43. The van der Waals surface area contributed by atoms with Crippen LogP contribution in [0.5, 0.6) is 0 Å². The van der Waals surface area contributed by atoms with Crippen LogP contribution in [0.15, 0.2) is 0 Å². The molecule has 0 aliphatic carbocycles. The lowest BCUT2D eigenvalue weighted by Gasteiger charge is -2.31. The summed E-state index contributed by atoms with van der Waals surface area (Å²) in [6.07, 6.45) is -4.38. The molecule has 0 saturated carbocycles. The van der Waals surface area contributed by atoms with Crippen molar-refractivity contribution in [2.75, 3.05) is 19.7 Å². The van der Waals surface area contributed by atoms with Crippen LogP contribution in [-0.2, 0) is 14.3 Å². The Morgan fingerprint density at radius 3 is 2.37 bits per heavy atom. The molecule has 2 N–H and O–H groups in total. The summed E-state index contributed by atoms with van der Waals surface area (Å²) >= 11 is 0. The first-order chi connectivity index (χ1) is 8.70. The summed E-state index contributed by atoms with van der Waals surface area (Å²) in [5, 5.41) is 10.2. The van der Waals surface area contributed by atoms with Gasteiger partial charge in [0.15, 0.2) is 0 Å². The predicted molar refractivity (Wildman–Crippen MR) is 60.5 cm³/mol. The Hall–Kier alpha value is -1.31. The van der Waals surface area contributed by atoms with Gasteiger partial charge in [-0.2, -0.15) is 13.2 Å². The molecule has 5 nitrogen and oxygen atoms in total. The first kappa shape index (κ1) is 17.7. The van der Waals surface area contributed by atoms with Crippen molar-refractivity contribution in [3.8, 4) is 0 Å². The molecule has 1 saturated heterocycles. The fourth-order valence-electron chi connectivity index (χ4n) is 1.75. The highest BCUT2D eigenvalue weighted by atomic mass is 19.4. The number of hydrogen-bond acceptors (Lipinski definition) is 4. The Balaban J connectivity index is 0.000000711. The van der Waals surface area contributed by atoms with Gasteiger partial charge in [-0.3, -0.25) is 9.59 Å². The number of carboxylic acid groups (broad SMARTS) is 1. The van der Waals surface area contributed by atoms with E-state index in [0.29, 0.717) is 6.54 Å². The van der Waals surface area contributed by atoms with E-state index in [1.54, 1.807) is 6.92 Å². The van der Waals surface area contributed by atoms with E-state index in [1.165, 1.54) is 0 Å². The Kier molecular flexibility index (Phi) is 7.43. The summed E-state index contributed by atoms with van der Waals surface area (Å²) < 4.78 is 42.3. The van der Waals surface area contributed by atoms with Crippen LogP contribution < -0.4 is 5.32 Å². The molecule has 1 fully saturated rings. The molecule has 1 rings (SSSR count). The van der Waals surface area contributed by atoms with Crippen LogP contribution in [0.2, 0.25) is 0 Å². The summed E-state index contributed by atoms with van der Waals surface area (Å²) in [5.41, 5.74) is 0. The number of ether oxygens (including phenoxy) is 1. The molecule has 2 unspecified atom stereocenters. The maximum Gasteiger partial charge on any atom is 0.392 e. The third-order valence-corrected chi connectivity index (χ3v) is 2.49. The van der Waals surface area contributed by atoms with Gasteiger partial charge in [-0.15, -0.1) is 0 Å². The number of nitrogens with one attached hydrogen (secondary N) is 1. The number of esters is 1. The van der Waals surface area contributed by atoms with Gasteiger partial charge in [0, 0.05) is 13.5 Å². The van der Waals surface area contributed by atoms with E-state index < -0.39 is 30.0 Å². The monoisotopic (exact) mass is 285 g/mol. The van der Waals surface area contributed by atoms with E-state index in [1.807, 2.05) is 0 Å². The normalized spacial score (nSPS) is 23.0. The standard InChI is InChI=1S/C9H14F3NO2.C2H4O2/c1-2-15-8(14)6-5-13-4-3-7(6)9(10,11)12;1-2(3)4/h6-7,13H,2-5H2,1H3;1H3,(H,3,4). The van der Waals surface area contributed by atoms with Crippen LogP contribution in [0.4, 0.5) is 13.2 Å². The van der Waals surface area contributed by atoms with Crippen molar-refractivity contribution in [1.29, 1.82) is 0 Å². The second kappa shape index (κ2) is 7.98. The molecule has 0 aromatic rings. The zero-order valence-electron chi connectivity index (χ0n) is 10.8. The maximum atomic E-state index is 12.6. The highest BCUT2D eigenvalue weighted by Gasteiger charge is 2.48. The topological polar surface area (TPSA) is 75.6 Å². The third-order valence-electron chi connectivity index (χ3n) is 2.49. The zero-order valence-corrected chi connectivity index (χ0v) is 10.8.